The number of carbonyl (C=O) groups excluding carboxylic acids is 2. The number of ether oxygens (including phenoxy) is 1. The molecule has 0 bridgehead atoms. The smallest absolute Gasteiger partial charge is 0.341 e. The summed E-state index contributed by atoms with van der Waals surface area (Å²) in [4.78, 5) is 25.4. The number of rotatable bonds is 12. The van der Waals surface area contributed by atoms with E-state index in [9.17, 15) is 9.59 Å². The minimum absolute atomic E-state index is 0.128. The first-order valence-electron chi connectivity index (χ1n) is 9.71. The standard InChI is InChI=1S/C23H34O4/c1-8-9-10-17(6)13-18-14-20(23(25)26-7)22(27-18)21(24)19(16(4)5)12-11-15(2)3/h8,14,16-17,19H,1-2,9-13H2,3-7H3/t17-,19-/m0/s1. The van der Waals surface area contributed by atoms with Crippen LogP contribution in [0.3, 0.4) is 0 Å². The van der Waals surface area contributed by atoms with E-state index in [4.69, 9.17) is 9.15 Å². The first-order valence-corrected chi connectivity index (χ1v) is 9.71. The largest absolute Gasteiger partial charge is 0.465 e. The van der Waals surface area contributed by atoms with Crippen LogP contribution < -0.4 is 0 Å². The molecule has 0 aliphatic rings. The Labute approximate surface area is 163 Å². The molecule has 0 aromatic carbocycles. The van der Waals surface area contributed by atoms with E-state index >= 15 is 0 Å². The molecule has 1 aromatic rings. The summed E-state index contributed by atoms with van der Waals surface area (Å²) in [5.41, 5.74) is 1.27. The topological polar surface area (TPSA) is 56.5 Å². The number of carbonyl (C=O) groups is 2. The van der Waals surface area contributed by atoms with E-state index in [-0.39, 0.29) is 28.9 Å². The molecule has 0 N–H and O–H groups in total. The van der Waals surface area contributed by atoms with Crippen LogP contribution in [0.2, 0.25) is 0 Å². The maximum absolute atomic E-state index is 13.2. The quantitative estimate of drug-likeness (QED) is 0.255. The fourth-order valence-electron chi connectivity index (χ4n) is 3.17. The fraction of sp³-hybridized carbons (Fsp3) is 0.565. The molecule has 0 saturated carbocycles. The van der Waals surface area contributed by atoms with E-state index < -0.39 is 5.97 Å². The zero-order valence-corrected chi connectivity index (χ0v) is 17.5. The molecule has 0 saturated heterocycles. The SMILES string of the molecule is C=CCC[C@H](C)Cc1cc(C(=O)OC)c(C(=O)[C@@H](CCC(=C)C)C(C)C)o1. The van der Waals surface area contributed by atoms with Gasteiger partial charge in [-0.05, 0) is 50.5 Å². The highest BCUT2D eigenvalue weighted by Crippen LogP contribution is 2.29. The van der Waals surface area contributed by atoms with Crippen LogP contribution >= 0.6 is 0 Å². The van der Waals surface area contributed by atoms with Gasteiger partial charge in [-0.3, -0.25) is 4.79 Å². The van der Waals surface area contributed by atoms with Gasteiger partial charge in [0.2, 0.25) is 5.78 Å². The average Bonchev–Trinajstić information content (AvgIpc) is 3.02. The molecule has 1 rings (SSSR count). The molecule has 27 heavy (non-hydrogen) atoms. The number of furan rings is 1. The highest BCUT2D eigenvalue weighted by atomic mass is 16.5. The van der Waals surface area contributed by atoms with Crippen LogP contribution in [0.4, 0.5) is 0 Å². The summed E-state index contributed by atoms with van der Waals surface area (Å²) in [6.07, 6.45) is 5.93. The molecule has 0 aliphatic carbocycles. The van der Waals surface area contributed by atoms with Gasteiger partial charge in [-0.2, -0.15) is 0 Å². The molecular formula is C23H34O4. The maximum Gasteiger partial charge on any atom is 0.341 e. The van der Waals surface area contributed by atoms with Crippen molar-refractivity contribution in [2.24, 2.45) is 17.8 Å². The third-order valence-corrected chi connectivity index (χ3v) is 4.85. The van der Waals surface area contributed by atoms with Crippen LogP contribution in [0.5, 0.6) is 0 Å². The van der Waals surface area contributed by atoms with Gasteiger partial charge in [0.15, 0.2) is 5.76 Å². The summed E-state index contributed by atoms with van der Waals surface area (Å²) in [5, 5.41) is 0. The van der Waals surface area contributed by atoms with Gasteiger partial charge < -0.3 is 9.15 Å². The van der Waals surface area contributed by atoms with Gasteiger partial charge in [0, 0.05) is 12.3 Å². The lowest BCUT2D eigenvalue weighted by Crippen LogP contribution is -2.22. The van der Waals surface area contributed by atoms with Crippen LogP contribution in [0.1, 0.15) is 80.1 Å². The van der Waals surface area contributed by atoms with E-state index in [0.29, 0.717) is 24.5 Å². The van der Waals surface area contributed by atoms with Crippen molar-refractivity contribution in [2.75, 3.05) is 7.11 Å². The van der Waals surface area contributed by atoms with Crippen molar-refractivity contribution in [1.29, 1.82) is 0 Å². The number of hydrogen-bond acceptors (Lipinski definition) is 4. The zero-order chi connectivity index (χ0) is 20.6. The van der Waals surface area contributed by atoms with Gasteiger partial charge in [-0.15, -0.1) is 13.2 Å². The van der Waals surface area contributed by atoms with Crippen LogP contribution in [0.15, 0.2) is 35.3 Å². The Morgan fingerprint density at radius 1 is 1.26 bits per heavy atom. The van der Waals surface area contributed by atoms with Gasteiger partial charge >= 0.3 is 5.97 Å². The normalized spacial score (nSPS) is 13.3. The Morgan fingerprint density at radius 3 is 2.44 bits per heavy atom. The van der Waals surface area contributed by atoms with Crippen molar-refractivity contribution >= 4 is 11.8 Å². The van der Waals surface area contributed by atoms with Gasteiger partial charge in [0.1, 0.15) is 11.3 Å². The molecule has 2 atom stereocenters. The first kappa shape index (κ1) is 22.9. The Balaban J connectivity index is 3.14. The summed E-state index contributed by atoms with van der Waals surface area (Å²) >= 11 is 0. The van der Waals surface area contributed by atoms with E-state index in [1.54, 1.807) is 6.07 Å². The predicted octanol–water partition coefficient (Wildman–Crippen LogP) is 6.02. The Kier molecular flexibility index (Phi) is 9.27. The summed E-state index contributed by atoms with van der Waals surface area (Å²) in [5.74, 6) is 0.411. The summed E-state index contributed by atoms with van der Waals surface area (Å²) in [6.45, 7) is 15.8. The van der Waals surface area contributed by atoms with Crippen LogP contribution in [-0.4, -0.2) is 18.9 Å². The molecule has 0 radical (unpaired) electrons. The lowest BCUT2D eigenvalue weighted by atomic mass is 9.85. The van der Waals surface area contributed by atoms with Crippen molar-refractivity contribution in [1.82, 2.24) is 0 Å². The lowest BCUT2D eigenvalue weighted by Gasteiger charge is -2.19. The summed E-state index contributed by atoms with van der Waals surface area (Å²) < 4.78 is 10.8. The summed E-state index contributed by atoms with van der Waals surface area (Å²) in [6, 6.07) is 1.67. The van der Waals surface area contributed by atoms with Crippen molar-refractivity contribution in [2.45, 2.75) is 59.8 Å². The lowest BCUT2D eigenvalue weighted by molar-refractivity contribution is 0.0592. The third-order valence-electron chi connectivity index (χ3n) is 4.85. The number of Topliss-reactive ketones (excluding diaryl/α,β-unsaturated/α-hetero) is 1. The average molecular weight is 375 g/mol. The van der Waals surface area contributed by atoms with E-state index in [0.717, 1.165) is 24.8 Å². The second kappa shape index (κ2) is 10.9. The number of ketones is 1. The minimum Gasteiger partial charge on any atom is -0.465 e. The van der Waals surface area contributed by atoms with Crippen molar-refractivity contribution in [3.05, 3.63) is 48.0 Å². The summed E-state index contributed by atoms with van der Waals surface area (Å²) in [7, 11) is 1.32. The molecule has 1 aromatic heterocycles. The Morgan fingerprint density at radius 2 is 1.93 bits per heavy atom. The molecule has 0 unspecified atom stereocenters. The molecule has 1 heterocycles. The maximum atomic E-state index is 13.2. The Hall–Kier alpha value is -2.10. The predicted molar refractivity (Wildman–Crippen MR) is 109 cm³/mol. The van der Waals surface area contributed by atoms with Crippen molar-refractivity contribution < 1.29 is 18.7 Å². The molecule has 4 heteroatoms. The number of methoxy groups -OCH3 is 1. The van der Waals surface area contributed by atoms with Crippen LogP contribution in [0.25, 0.3) is 0 Å². The highest BCUT2D eigenvalue weighted by molar-refractivity contribution is 6.05. The van der Waals surface area contributed by atoms with Gasteiger partial charge in [-0.25, -0.2) is 4.79 Å². The zero-order valence-electron chi connectivity index (χ0n) is 17.5. The molecule has 0 aliphatic heterocycles. The molecule has 4 nitrogen and oxygen atoms in total. The fourth-order valence-corrected chi connectivity index (χ4v) is 3.17. The van der Waals surface area contributed by atoms with Gasteiger partial charge in [0.05, 0.1) is 7.11 Å². The number of esters is 1. The first-order chi connectivity index (χ1) is 12.7. The minimum atomic E-state index is -0.533. The van der Waals surface area contributed by atoms with Crippen molar-refractivity contribution in [3.63, 3.8) is 0 Å². The monoisotopic (exact) mass is 374 g/mol. The number of hydrogen-bond donors (Lipinski definition) is 0. The van der Waals surface area contributed by atoms with E-state index in [1.807, 2.05) is 26.8 Å². The highest BCUT2D eigenvalue weighted by Gasteiger charge is 2.31. The second-order valence-corrected chi connectivity index (χ2v) is 7.83. The Bertz CT molecular complexity index is 666. The van der Waals surface area contributed by atoms with E-state index in [2.05, 4.69) is 20.1 Å². The number of allylic oxidation sites excluding steroid dienone is 2. The van der Waals surface area contributed by atoms with Crippen molar-refractivity contribution in [3.8, 4) is 0 Å². The molecule has 0 amide bonds. The van der Waals surface area contributed by atoms with Crippen LogP contribution in [0, 0.1) is 17.8 Å². The molecule has 0 spiro atoms. The molecule has 0 fully saturated rings. The molecule has 150 valence electrons. The third kappa shape index (κ3) is 6.85. The van der Waals surface area contributed by atoms with Crippen LogP contribution in [-0.2, 0) is 11.2 Å². The van der Waals surface area contributed by atoms with Gasteiger partial charge in [0.25, 0.3) is 0 Å². The van der Waals surface area contributed by atoms with Gasteiger partial charge in [-0.1, -0.05) is 32.4 Å². The molecular weight excluding hydrogens is 340 g/mol. The van der Waals surface area contributed by atoms with E-state index in [1.165, 1.54) is 7.11 Å². The second-order valence-electron chi connectivity index (χ2n) is 7.83.